The van der Waals surface area contributed by atoms with Crippen LogP contribution in [0.1, 0.15) is 18.2 Å². The molecule has 0 radical (unpaired) electrons. The summed E-state index contributed by atoms with van der Waals surface area (Å²) in [6.07, 6.45) is 2.93. The lowest BCUT2D eigenvalue weighted by Gasteiger charge is -2.07. The van der Waals surface area contributed by atoms with E-state index in [9.17, 15) is 0 Å². The van der Waals surface area contributed by atoms with Crippen molar-refractivity contribution in [2.45, 2.75) is 19.9 Å². The number of H-pyrrole nitrogens is 1. The molecule has 0 aliphatic carbocycles. The smallest absolute Gasteiger partial charge is 0.177 e. The van der Waals surface area contributed by atoms with Gasteiger partial charge in [-0.1, -0.05) is 30.7 Å². The van der Waals surface area contributed by atoms with E-state index in [0.29, 0.717) is 0 Å². The van der Waals surface area contributed by atoms with Crippen molar-refractivity contribution in [3.05, 3.63) is 51.5 Å². The molecule has 1 aromatic carbocycles. The average molecular weight is 253 g/mol. The van der Waals surface area contributed by atoms with Gasteiger partial charge >= 0.3 is 0 Å². The molecule has 0 bridgehead atoms. The van der Waals surface area contributed by atoms with Crippen LogP contribution in [0, 0.1) is 4.77 Å². The minimum Gasteiger partial charge on any atom is -0.337 e. The molecule has 2 nitrogen and oxygen atoms in total. The van der Waals surface area contributed by atoms with Crippen molar-refractivity contribution >= 4 is 23.8 Å². The van der Waals surface area contributed by atoms with Crippen molar-refractivity contribution in [3.63, 3.8) is 0 Å². The van der Waals surface area contributed by atoms with Gasteiger partial charge in [-0.05, 0) is 36.3 Å². The second-order valence-electron chi connectivity index (χ2n) is 3.65. The third-order valence-electron chi connectivity index (χ3n) is 2.55. The standard InChI is InChI=1S/C12H13ClN2S/c1-2-11-7-14-12(16)15(11)8-9-4-3-5-10(13)6-9/h3-7H,2,8H2,1H3,(H,14,16). The van der Waals surface area contributed by atoms with E-state index < -0.39 is 0 Å². The Balaban J connectivity index is 2.33. The van der Waals surface area contributed by atoms with Crippen LogP contribution in [0.15, 0.2) is 30.5 Å². The Labute approximate surface area is 105 Å². The Hall–Kier alpha value is -1.06. The zero-order chi connectivity index (χ0) is 11.5. The molecule has 4 heteroatoms. The van der Waals surface area contributed by atoms with Crippen molar-refractivity contribution in [1.29, 1.82) is 0 Å². The van der Waals surface area contributed by atoms with E-state index in [2.05, 4.69) is 22.5 Å². The number of nitrogens with one attached hydrogen (secondary N) is 1. The minimum atomic E-state index is 0.761. The van der Waals surface area contributed by atoms with Gasteiger partial charge in [-0.2, -0.15) is 0 Å². The molecule has 0 aliphatic heterocycles. The molecule has 0 saturated heterocycles. The molecule has 84 valence electrons. The summed E-state index contributed by atoms with van der Waals surface area (Å²) in [6.45, 7) is 2.89. The highest BCUT2D eigenvalue weighted by Crippen LogP contribution is 2.13. The predicted molar refractivity (Wildman–Crippen MR) is 69.5 cm³/mol. The fourth-order valence-electron chi connectivity index (χ4n) is 1.72. The van der Waals surface area contributed by atoms with Crippen LogP contribution in [-0.2, 0) is 13.0 Å². The molecule has 0 saturated carbocycles. The zero-order valence-electron chi connectivity index (χ0n) is 9.03. The van der Waals surface area contributed by atoms with Gasteiger partial charge in [-0.25, -0.2) is 0 Å². The Morgan fingerprint density at radius 1 is 1.44 bits per heavy atom. The predicted octanol–water partition coefficient (Wildman–Crippen LogP) is 3.81. The van der Waals surface area contributed by atoms with Crippen LogP contribution in [0.4, 0.5) is 0 Å². The second-order valence-corrected chi connectivity index (χ2v) is 4.48. The molecule has 2 aromatic rings. The van der Waals surface area contributed by atoms with Crippen molar-refractivity contribution < 1.29 is 0 Å². The summed E-state index contributed by atoms with van der Waals surface area (Å²) < 4.78 is 2.86. The summed E-state index contributed by atoms with van der Waals surface area (Å²) in [5.41, 5.74) is 2.38. The minimum absolute atomic E-state index is 0.761. The highest BCUT2D eigenvalue weighted by Gasteiger charge is 2.03. The molecule has 0 fully saturated rings. The highest BCUT2D eigenvalue weighted by molar-refractivity contribution is 7.71. The zero-order valence-corrected chi connectivity index (χ0v) is 10.6. The van der Waals surface area contributed by atoms with Crippen LogP contribution < -0.4 is 0 Å². The Bertz CT molecular complexity index is 542. The first kappa shape index (κ1) is 11.4. The van der Waals surface area contributed by atoms with E-state index in [-0.39, 0.29) is 0 Å². The summed E-state index contributed by atoms with van der Waals surface area (Å²) in [5.74, 6) is 0. The lowest BCUT2D eigenvalue weighted by Crippen LogP contribution is -2.03. The molecule has 1 aromatic heterocycles. The summed E-state index contributed by atoms with van der Waals surface area (Å²) >= 11 is 11.2. The van der Waals surface area contributed by atoms with Gasteiger partial charge in [0.25, 0.3) is 0 Å². The lowest BCUT2D eigenvalue weighted by molar-refractivity contribution is 0.736. The number of benzene rings is 1. The first-order chi connectivity index (χ1) is 7.70. The molecule has 0 amide bonds. The van der Waals surface area contributed by atoms with E-state index in [1.54, 1.807) is 0 Å². The van der Waals surface area contributed by atoms with Gasteiger partial charge in [0.1, 0.15) is 0 Å². The average Bonchev–Trinajstić information content (AvgIpc) is 2.60. The molecule has 2 rings (SSSR count). The van der Waals surface area contributed by atoms with Crippen LogP contribution in [-0.4, -0.2) is 9.55 Å². The maximum Gasteiger partial charge on any atom is 0.177 e. The molecule has 0 aliphatic rings. The normalized spacial score (nSPS) is 10.6. The monoisotopic (exact) mass is 252 g/mol. The van der Waals surface area contributed by atoms with E-state index in [1.807, 2.05) is 24.4 Å². The molecule has 0 spiro atoms. The SMILES string of the molecule is CCc1c[nH]c(=S)n1Cc1cccc(Cl)c1. The van der Waals surface area contributed by atoms with Gasteiger partial charge in [-0.15, -0.1) is 0 Å². The third kappa shape index (κ3) is 2.36. The molecule has 1 N–H and O–H groups in total. The van der Waals surface area contributed by atoms with Gasteiger partial charge in [0.2, 0.25) is 0 Å². The fourth-order valence-corrected chi connectivity index (χ4v) is 2.17. The Morgan fingerprint density at radius 3 is 2.94 bits per heavy atom. The van der Waals surface area contributed by atoms with E-state index in [4.69, 9.17) is 23.8 Å². The van der Waals surface area contributed by atoms with Crippen LogP contribution >= 0.6 is 23.8 Å². The van der Waals surface area contributed by atoms with Crippen molar-refractivity contribution in [2.75, 3.05) is 0 Å². The fraction of sp³-hybridized carbons (Fsp3) is 0.250. The summed E-state index contributed by atoms with van der Waals surface area (Å²) in [5, 5.41) is 0.762. The van der Waals surface area contributed by atoms with Crippen molar-refractivity contribution in [3.8, 4) is 0 Å². The Morgan fingerprint density at radius 2 is 2.25 bits per heavy atom. The number of rotatable bonds is 3. The number of halogens is 1. The first-order valence-electron chi connectivity index (χ1n) is 5.22. The van der Waals surface area contributed by atoms with Crippen LogP contribution in [0.25, 0.3) is 0 Å². The topological polar surface area (TPSA) is 20.7 Å². The van der Waals surface area contributed by atoms with Crippen molar-refractivity contribution in [2.24, 2.45) is 0 Å². The summed E-state index contributed by atoms with van der Waals surface area (Å²) in [7, 11) is 0. The van der Waals surface area contributed by atoms with Crippen LogP contribution in [0.5, 0.6) is 0 Å². The maximum atomic E-state index is 5.96. The Kier molecular flexibility index (Phi) is 3.46. The molecule has 0 unspecified atom stereocenters. The molecular weight excluding hydrogens is 240 g/mol. The maximum absolute atomic E-state index is 5.96. The first-order valence-corrected chi connectivity index (χ1v) is 6.01. The quantitative estimate of drug-likeness (QED) is 0.824. The summed E-state index contributed by atoms with van der Waals surface area (Å²) in [6, 6.07) is 7.86. The van der Waals surface area contributed by atoms with Gasteiger partial charge in [0, 0.05) is 16.9 Å². The third-order valence-corrected chi connectivity index (χ3v) is 3.12. The molecule has 16 heavy (non-hydrogen) atoms. The number of nitrogens with zero attached hydrogens (tertiary/aromatic N) is 1. The second kappa shape index (κ2) is 4.85. The van der Waals surface area contributed by atoms with Gasteiger partial charge in [0.05, 0.1) is 6.54 Å². The number of aryl methyl sites for hydroxylation is 1. The number of aromatic nitrogens is 2. The van der Waals surface area contributed by atoms with E-state index in [1.165, 1.54) is 5.69 Å². The number of hydrogen-bond donors (Lipinski definition) is 1. The van der Waals surface area contributed by atoms with Crippen LogP contribution in [0.3, 0.4) is 0 Å². The largest absolute Gasteiger partial charge is 0.337 e. The number of imidazole rings is 1. The van der Waals surface area contributed by atoms with Gasteiger partial charge in [0.15, 0.2) is 4.77 Å². The van der Waals surface area contributed by atoms with Crippen molar-refractivity contribution in [1.82, 2.24) is 9.55 Å². The summed E-state index contributed by atoms with van der Waals surface area (Å²) in [4.78, 5) is 3.07. The van der Waals surface area contributed by atoms with E-state index >= 15 is 0 Å². The molecule has 0 atom stereocenters. The molecule has 1 heterocycles. The van der Waals surface area contributed by atoms with Crippen LogP contribution in [0.2, 0.25) is 5.02 Å². The lowest BCUT2D eigenvalue weighted by atomic mass is 10.2. The number of aromatic amines is 1. The van der Waals surface area contributed by atoms with Gasteiger partial charge in [-0.3, -0.25) is 0 Å². The van der Waals surface area contributed by atoms with E-state index in [0.717, 1.165) is 28.3 Å². The van der Waals surface area contributed by atoms with Gasteiger partial charge < -0.3 is 9.55 Å². The number of hydrogen-bond acceptors (Lipinski definition) is 1. The highest BCUT2D eigenvalue weighted by atomic mass is 35.5. The molecular formula is C12H13ClN2S.